The minimum atomic E-state index is -0.133. The zero-order chi connectivity index (χ0) is 25.0. The van der Waals surface area contributed by atoms with Crippen molar-refractivity contribution in [1.29, 1.82) is 0 Å². The lowest BCUT2D eigenvalue weighted by Crippen LogP contribution is -2.39. The molecule has 0 aromatic heterocycles. The number of nitrogens with zero attached hydrogens (tertiary/aromatic N) is 2. The van der Waals surface area contributed by atoms with Gasteiger partial charge in [-0.05, 0) is 54.9 Å². The standard InChI is InChI=1S/C27H44N4OS/c1-7-11-22(30-25(12-8-2)21-13-14-23(28)26(33)16-21)17-24(29)27(32)31(15-9-3)18-20(6)19(5)10-4/h8,13-14,16-17,19-20,25,33H,2,7,9-12,15,18,28-29H2,1,3-6H3/b24-17-,30-22?. The Hall–Kier alpha value is -2.21. The number of carbonyl (C=O) groups is 1. The van der Waals surface area contributed by atoms with E-state index in [-0.39, 0.29) is 17.6 Å². The summed E-state index contributed by atoms with van der Waals surface area (Å²) < 4.78 is 0. The van der Waals surface area contributed by atoms with E-state index >= 15 is 0 Å². The Morgan fingerprint density at radius 2 is 1.91 bits per heavy atom. The Balaban J connectivity index is 3.23. The van der Waals surface area contributed by atoms with Crippen LogP contribution < -0.4 is 11.5 Å². The molecule has 0 saturated heterocycles. The quantitative estimate of drug-likeness (QED) is 0.0993. The van der Waals surface area contributed by atoms with Crippen LogP contribution in [0, 0.1) is 11.8 Å². The highest BCUT2D eigenvalue weighted by molar-refractivity contribution is 7.80. The van der Waals surface area contributed by atoms with Gasteiger partial charge in [-0.1, -0.05) is 59.6 Å². The van der Waals surface area contributed by atoms with Crippen LogP contribution in [0.3, 0.4) is 0 Å². The van der Waals surface area contributed by atoms with Crippen LogP contribution in [-0.4, -0.2) is 29.6 Å². The second kappa shape index (κ2) is 14.8. The van der Waals surface area contributed by atoms with E-state index in [0.717, 1.165) is 41.9 Å². The summed E-state index contributed by atoms with van der Waals surface area (Å²) in [5.41, 5.74) is 15.0. The number of amides is 1. The molecule has 0 bridgehead atoms. The average molecular weight is 473 g/mol. The van der Waals surface area contributed by atoms with Crippen molar-refractivity contribution in [1.82, 2.24) is 4.90 Å². The SMILES string of the molecule is C=CCC(N=C(/C=C(\N)C(=O)N(CCC)CC(C)C(C)CC)CCC)c1ccc(N)c(S)c1. The Morgan fingerprint density at radius 3 is 2.45 bits per heavy atom. The summed E-state index contributed by atoms with van der Waals surface area (Å²) in [7, 11) is 0. The fraction of sp³-hybridized carbons (Fsp3) is 0.556. The summed E-state index contributed by atoms with van der Waals surface area (Å²) in [6.45, 7) is 16.1. The number of thiol groups is 1. The first-order valence-corrected chi connectivity index (χ1v) is 12.6. The number of hydrogen-bond acceptors (Lipinski definition) is 5. The molecule has 1 aromatic carbocycles. The summed E-state index contributed by atoms with van der Waals surface area (Å²) in [6.07, 6.45) is 7.91. The van der Waals surface area contributed by atoms with Gasteiger partial charge in [0.05, 0.1) is 11.7 Å². The summed E-state index contributed by atoms with van der Waals surface area (Å²) >= 11 is 4.45. The van der Waals surface area contributed by atoms with Gasteiger partial charge in [-0.2, -0.15) is 0 Å². The van der Waals surface area contributed by atoms with Gasteiger partial charge in [0.1, 0.15) is 0 Å². The van der Waals surface area contributed by atoms with E-state index in [1.807, 2.05) is 29.2 Å². The second-order valence-electron chi connectivity index (χ2n) is 8.94. The maximum Gasteiger partial charge on any atom is 0.269 e. The van der Waals surface area contributed by atoms with Gasteiger partial charge in [0.15, 0.2) is 0 Å². The molecular weight excluding hydrogens is 428 g/mol. The maximum atomic E-state index is 13.2. The van der Waals surface area contributed by atoms with Crippen LogP contribution in [0.15, 0.2) is 52.5 Å². The van der Waals surface area contributed by atoms with E-state index in [1.54, 1.807) is 6.08 Å². The number of anilines is 1. The van der Waals surface area contributed by atoms with Crippen molar-refractivity contribution in [2.45, 2.75) is 77.7 Å². The fourth-order valence-electron chi connectivity index (χ4n) is 3.72. The predicted molar refractivity (Wildman–Crippen MR) is 146 cm³/mol. The monoisotopic (exact) mass is 472 g/mol. The van der Waals surface area contributed by atoms with Gasteiger partial charge in [0.2, 0.25) is 0 Å². The third-order valence-electron chi connectivity index (χ3n) is 6.13. The molecule has 0 aliphatic rings. The highest BCUT2D eigenvalue weighted by atomic mass is 32.1. The van der Waals surface area contributed by atoms with Gasteiger partial charge in [0.25, 0.3) is 5.91 Å². The molecular formula is C27H44N4OS. The van der Waals surface area contributed by atoms with Gasteiger partial charge in [0, 0.05) is 29.4 Å². The van der Waals surface area contributed by atoms with Gasteiger partial charge >= 0.3 is 0 Å². The van der Waals surface area contributed by atoms with Crippen LogP contribution in [0.25, 0.3) is 0 Å². The van der Waals surface area contributed by atoms with Crippen LogP contribution in [0.5, 0.6) is 0 Å². The van der Waals surface area contributed by atoms with Crippen LogP contribution in [0.1, 0.15) is 78.3 Å². The third-order valence-corrected chi connectivity index (χ3v) is 6.52. The minimum absolute atomic E-state index is 0.110. The molecule has 0 heterocycles. The Kier molecular flexibility index (Phi) is 13.0. The van der Waals surface area contributed by atoms with E-state index in [9.17, 15) is 4.79 Å². The molecule has 33 heavy (non-hydrogen) atoms. The molecule has 5 nitrogen and oxygen atoms in total. The largest absolute Gasteiger partial charge is 0.398 e. The van der Waals surface area contributed by atoms with Crippen molar-refractivity contribution in [3.63, 3.8) is 0 Å². The predicted octanol–water partition coefficient (Wildman–Crippen LogP) is 6.18. The number of carbonyl (C=O) groups excluding carboxylic acids is 1. The number of hydrogen-bond donors (Lipinski definition) is 3. The first-order chi connectivity index (χ1) is 15.7. The lowest BCUT2D eigenvalue weighted by atomic mass is 9.93. The molecule has 0 fully saturated rings. The van der Waals surface area contributed by atoms with Gasteiger partial charge in [-0.25, -0.2) is 0 Å². The Bertz CT molecular complexity index is 833. The molecule has 6 heteroatoms. The molecule has 184 valence electrons. The van der Waals surface area contributed by atoms with Crippen molar-refractivity contribution in [2.75, 3.05) is 18.8 Å². The maximum absolute atomic E-state index is 13.2. The smallest absolute Gasteiger partial charge is 0.269 e. The third kappa shape index (κ3) is 9.28. The van der Waals surface area contributed by atoms with E-state index in [2.05, 4.69) is 53.8 Å². The first kappa shape index (κ1) is 28.8. The minimum Gasteiger partial charge on any atom is -0.398 e. The molecule has 1 rings (SSSR count). The van der Waals surface area contributed by atoms with E-state index in [4.69, 9.17) is 16.5 Å². The number of rotatable bonds is 14. The van der Waals surface area contributed by atoms with Gasteiger partial charge in [-0.15, -0.1) is 19.2 Å². The molecule has 1 amide bonds. The molecule has 3 unspecified atom stereocenters. The number of nitrogen functional groups attached to an aromatic ring is 1. The first-order valence-electron chi connectivity index (χ1n) is 12.2. The molecule has 4 N–H and O–H groups in total. The molecule has 0 saturated carbocycles. The van der Waals surface area contributed by atoms with E-state index < -0.39 is 0 Å². The topological polar surface area (TPSA) is 84.7 Å². The summed E-state index contributed by atoms with van der Waals surface area (Å²) in [5, 5.41) is 0. The molecule has 0 aliphatic heterocycles. The van der Waals surface area contributed by atoms with Crippen LogP contribution in [0.4, 0.5) is 5.69 Å². The van der Waals surface area contributed by atoms with Crippen LogP contribution in [-0.2, 0) is 4.79 Å². The summed E-state index contributed by atoms with van der Waals surface area (Å²) in [5.74, 6) is 0.858. The lowest BCUT2D eigenvalue weighted by Gasteiger charge is -2.28. The average Bonchev–Trinajstić information content (AvgIpc) is 2.79. The normalized spacial score (nSPS) is 15.1. The highest BCUT2D eigenvalue weighted by Gasteiger charge is 2.21. The van der Waals surface area contributed by atoms with Crippen molar-refractivity contribution in [3.8, 4) is 0 Å². The fourth-order valence-corrected chi connectivity index (χ4v) is 3.94. The van der Waals surface area contributed by atoms with Crippen molar-refractivity contribution in [3.05, 3.63) is 48.2 Å². The summed E-state index contributed by atoms with van der Waals surface area (Å²) in [6, 6.07) is 5.62. The van der Waals surface area contributed by atoms with E-state index in [0.29, 0.717) is 37.0 Å². The van der Waals surface area contributed by atoms with Crippen molar-refractivity contribution < 1.29 is 4.79 Å². The molecule has 0 spiro atoms. The second-order valence-corrected chi connectivity index (χ2v) is 9.42. The number of allylic oxidation sites excluding steroid dienone is 1. The molecule has 0 radical (unpaired) electrons. The Morgan fingerprint density at radius 1 is 1.21 bits per heavy atom. The van der Waals surface area contributed by atoms with E-state index in [1.165, 1.54) is 0 Å². The van der Waals surface area contributed by atoms with Crippen molar-refractivity contribution >= 4 is 29.9 Å². The summed E-state index contributed by atoms with van der Waals surface area (Å²) in [4.78, 5) is 20.8. The van der Waals surface area contributed by atoms with Gasteiger partial charge < -0.3 is 16.4 Å². The molecule has 0 aliphatic carbocycles. The highest BCUT2D eigenvalue weighted by Crippen LogP contribution is 2.28. The number of aliphatic imine (C=N–C) groups is 1. The van der Waals surface area contributed by atoms with Crippen molar-refractivity contribution in [2.24, 2.45) is 22.6 Å². The Labute approximate surface area is 206 Å². The van der Waals surface area contributed by atoms with Crippen LogP contribution in [0.2, 0.25) is 0 Å². The molecule has 1 aromatic rings. The van der Waals surface area contributed by atoms with Gasteiger partial charge in [-0.3, -0.25) is 9.79 Å². The number of nitrogens with two attached hydrogens (primary N) is 2. The zero-order valence-electron chi connectivity index (χ0n) is 21.2. The number of benzene rings is 1. The lowest BCUT2D eigenvalue weighted by molar-refractivity contribution is -0.128. The molecule has 3 atom stereocenters. The van der Waals surface area contributed by atoms with Crippen LogP contribution >= 0.6 is 12.6 Å². The zero-order valence-corrected chi connectivity index (χ0v) is 22.1.